The molecule has 14 rings (SSSR count). The van der Waals surface area contributed by atoms with Crippen LogP contribution in [0.4, 0.5) is 0 Å². The van der Waals surface area contributed by atoms with Gasteiger partial charge in [-0.25, -0.2) is 34.9 Å². The number of aromatic nitrogens is 21. The number of aliphatic hydroxyl groups is 7. The summed E-state index contributed by atoms with van der Waals surface area (Å²) in [4.78, 5) is 154. The van der Waals surface area contributed by atoms with Crippen LogP contribution in [0.25, 0.3) is 77.2 Å². The highest BCUT2D eigenvalue weighted by molar-refractivity contribution is 5.81. The minimum atomic E-state index is -0.164. The molecule has 0 saturated carbocycles. The third-order valence-electron chi connectivity index (χ3n) is 22.6. The summed E-state index contributed by atoms with van der Waals surface area (Å²) in [6.07, 6.45) is 36.1. The van der Waals surface area contributed by atoms with E-state index in [9.17, 15) is 48.9 Å². The van der Waals surface area contributed by atoms with Crippen molar-refractivity contribution in [1.82, 2.24) is 119 Å². The predicted molar refractivity (Wildman–Crippen MR) is 472 cm³/mol. The smallest absolute Gasteiger partial charge is 0.275 e. The summed E-state index contributed by atoms with van der Waals surface area (Å²) < 4.78 is 0. The highest BCUT2D eigenvalue weighted by atomic mass is 16.3. The van der Waals surface area contributed by atoms with Crippen LogP contribution in [0.5, 0.6) is 0 Å². The minimum absolute atomic E-state index is 0.122. The fourth-order valence-corrected chi connectivity index (χ4v) is 14.2. The van der Waals surface area contributed by atoms with Gasteiger partial charge < -0.3 is 106 Å². The van der Waals surface area contributed by atoms with Crippen LogP contribution in [0.3, 0.4) is 0 Å². The summed E-state index contributed by atoms with van der Waals surface area (Å²) in [5.74, 6) is 1.28. The molecule has 38 nitrogen and oxygen atoms in total. The molecule has 0 spiro atoms. The molecule has 0 aliphatic rings. The van der Waals surface area contributed by atoms with Gasteiger partial charge in [0.15, 0.2) is 0 Å². The van der Waals surface area contributed by atoms with E-state index in [4.69, 9.17) is 20.4 Å². The Hall–Kier alpha value is -11.5. The second-order valence-corrected chi connectivity index (χ2v) is 30.3. The van der Waals surface area contributed by atoms with Crippen molar-refractivity contribution in [3.63, 3.8) is 0 Å². The summed E-state index contributed by atoms with van der Waals surface area (Å²) >= 11 is 0. The first-order chi connectivity index (χ1) is 59.0. The number of aryl methyl sites for hydroxylation is 4. The fourth-order valence-electron chi connectivity index (χ4n) is 14.2. The van der Waals surface area contributed by atoms with Crippen LogP contribution in [-0.4, -0.2) is 241 Å². The number of aliphatic hydroxyl groups excluding tert-OH is 7. The predicted octanol–water partition coefficient (Wildman–Crippen LogP) is 6.17. The minimum Gasteiger partial charge on any atom is -0.396 e. The van der Waals surface area contributed by atoms with Crippen LogP contribution < -0.4 is 38.9 Å². The van der Waals surface area contributed by atoms with E-state index in [-0.39, 0.29) is 103 Å². The lowest BCUT2D eigenvalue weighted by atomic mass is 9.99. The maximum atomic E-state index is 11.5. The Morgan fingerprint density at radius 2 is 0.410 bits per heavy atom. The van der Waals surface area contributed by atoms with Crippen molar-refractivity contribution in [3.05, 3.63) is 199 Å². The van der Waals surface area contributed by atoms with Gasteiger partial charge >= 0.3 is 0 Å². The van der Waals surface area contributed by atoms with Crippen LogP contribution in [0.2, 0.25) is 0 Å². The Kier molecular flexibility index (Phi) is 38.4. The lowest BCUT2D eigenvalue weighted by Crippen LogP contribution is -2.33. The average Bonchev–Trinajstić information content (AvgIpc) is 1.52. The first kappa shape index (κ1) is 96.0. The Morgan fingerprint density at radius 3 is 0.557 bits per heavy atom. The largest absolute Gasteiger partial charge is 0.396 e. The Bertz CT molecular complexity index is 5220. The third-order valence-corrected chi connectivity index (χ3v) is 22.6. The molecule has 0 saturated heterocycles. The fraction of sp³-hybridized carbons (Fsp3) is 0.500. The van der Waals surface area contributed by atoms with E-state index in [0.29, 0.717) is 98.5 Å². The van der Waals surface area contributed by atoms with E-state index < -0.39 is 0 Å². The van der Waals surface area contributed by atoms with Gasteiger partial charge in [0.2, 0.25) is 0 Å². The summed E-state index contributed by atoms with van der Waals surface area (Å²) in [6, 6.07) is 0.367. The number of likely N-dealkylation sites (N-methyl/N-ethyl adjacent to an activating group) is 3. The molecule has 122 heavy (non-hydrogen) atoms. The molecule has 0 aliphatic heterocycles. The quantitative estimate of drug-likeness (QED) is 0.0211. The molecule has 0 amide bonds. The maximum Gasteiger partial charge on any atom is 0.275 e. The van der Waals surface area contributed by atoms with E-state index in [0.717, 1.165) is 157 Å². The number of rotatable bonds is 35. The number of hydrogen-bond acceptors (Lipinski definition) is 24. The number of nitrogens with zero attached hydrogens (tertiary/aromatic N) is 10. The number of hydrogen-bond donors (Lipinski definition) is 21. The summed E-state index contributed by atoms with van der Waals surface area (Å²) in [5, 5.41) is 64.3. The van der Waals surface area contributed by atoms with Crippen LogP contribution in [0.1, 0.15) is 158 Å². The molecule has 14 heterocycles. The molecule has 7 atom stereocenters. The molecule has 0 bridgehead atoms. The molecular weight excluding hydrogens is 1570 g/mol. The molecule has 0 unspecified atom stereocenters. The average molecular weight is 1690 g/mol. The summed E-state index contributed by atoms with van der Waals surface area (Å²) in [6.45, 7) is 17.6. The van der Waals surface area contributed by atoms with Crippen LogP contribution >= 0.6 is 0 Å². The van der Waals surface area contributed by atoms with Crippen LogP contribution in [0.15, 0.2) is 121 Å². The van der Waals surface area contributed by atoms with Gasteiger partial charge in [-0.2, -0.15) is 0 Å². The zero-order valence-electron chi connectivity index (χ0n) is 71.3. The first-order valence-corrected chi connectivity index (χ1v) is 41.7. The highest BCUT2D eigenvalue weighted by Gasteiger charge is 2.21. The molecule has 0 aliphatic carbocycles. The number of aromatic amines is 14. The van der Waals surface area contributed by atoms with Gasteiger partial charge in [0.05, 0.1) is 103 Å². The second-order valence-electron chi connectivity index (χ2n) is 30.3. The van der Waals surface area contributed by atoms with Gasteiger partial charge in [0, 0.05) is 124 Å². The van der Waals surface area contributed by atoms with Crippen molar-refractivity contribution >= 4 is 77.2 Å². The monoisotopic (exact) mass is 1690 g/mol. The molecule has 14 aromatic rings. The maximum absolute atomic E-state index is 11.5. The zero-order chi connectivity index (χ0) is 88.4. The molecule has 0 aromatic carbocycles. The Morgan fingerprint density at radius 1 is 0.246 bits per heavy atom. The summed E-state index contributed by atoms with van der Waals surface area (Å²) in [7, 11) is 5.86. The molecular formula is C84H122N24O14. The van der Waals surface area contributed by atoms with Gasteiger partial charge in [-0.1, -0.05) is 74.1 Å². The van der Waals surface area contributed by atoms with Gasteiger partial charge in [0.25, 0.3) is 38.9 Å². The number of H-pyrrole nitrogens is 14. The van der Waals surface area contributed by atoms with Crippen LogP contribution in [-0.2, 0) is 45.3 Å². The first-order valence-electron chi connectivity index (χ1n) is 41.7. The van der Waals surface area contributed by atoms with Crippen LogP contribution in [0, 0.1) is 23.7 Å². The van der Waals surface area contributed by atoms with Gasteiger partial charge in [-0.05, 0) is 138 Å². The van der Waals surface area contributed by atoms with Gasteiger partial charge in [-0.3, -0.25) is 48.3 Å². The molecule has 0 fully saturated rings. The molecule has 14 aromatic heterocycles. The van der Waals surface area contributed by atoms with Gasteiger partial charge in [0.1, 0.15) is 38.6 Å². The molecule has 38 heteroatoms. The van der Waals surface area contributed by atoms with Crippen molar-refractivity contribution in [2.24, 2.45) is 23.7 Å². The van der Waals surface area contributed by atoms with Crippen molar-refractivity contribution < 1.29 is 35.7 Å². The van der Waals surface area contributed by atoms with Gasteiger partial charge in [-0.15, -0.1) is 0 Å². The zero-order valence-corrected chi connectivity index (χ0v) is 71.3. The normalized spacial score (nSPS) is 13.2. The summed E-state index contributed by atoms with van der Waals surface area (Å²) in [5.41, 5.74) is 14.6. The van der Waals surface area contributed by atoms with Crippen molar-refractivity contribution in [2.75, 3.05) is 67.4 Å². The third kappa shape index (κ3) is 25.6. The van der Waals surface area contributed by atoms with E-state index in [1.54, 1.807) is 18.6 Å². The van der Waals surface area contributed by atoms with Crippen molar-refractivity contribution in [1.29, 1.82) is 0 Å². The molecule has 0 radical (unpaired) electrons. The number of fused-ring (bicyclic) bond motifs is 7. The lowest BCUT2D eigenvalue weighted by Gasteiger charge is -2.24. The molecule has 21 N–H and O–H groups in total. The van der Waals surface area contributed by atoms with Crippen molar-refractivity contribution in [3.8, 4) is 0 Å². The van der Waals surface area contributed by atoms with Crippen molar-refractivity contribution in [2.45, 2.75) is 183 Å². The SMILES string of the molecule is CC[C@@H](CO)CCc1c[nH]c2c(=O)[nH]cnc12.CC[C@@H](CO)CCc1c[nH]c2c(=O)[nH]cnc12.CC[C@@H](CO)N(C)Cc1c[nH]c2c(=O)[nH]cnc12.CC[C@@H](CO)N(C)Cc1c[nH]c2c(=O)[nH]cnc12.CC[C@H](CO)CCc1c[nH]c2c(=O)[nH]cnc12.CC[C@H](CO)CCc1c[nH]c2c(=O)[nH]cnc12.CC[C@H](CO)N(C)Cc1c[nH]c2c(=O)[nH]cnc12. The van der Waals surface area contributed by atoms with E-state index in [1.165, 1.54) is 44.3 Å². The lowest BCUT2D eigenvalue weighted by molar-refractivity contribution is 0.138. The van der Waals surface area contributed by atoms with E-state index in [2.05, 4.69) is 147 Å². The standard InChI is InChI=1S/3C12H18N4O2.4C12H17N3O2/c3*1-3-9(6-17)16(2)5-8-4-13-11-10(8)14-7-15-12(11)18;4*1-2-8(6-16)3-4-9-5-13-11-10(9)14-7-15-12(11)17/h3*4,7,9,13,17H,3,5-6H2,1-2H3,(H,14,15,18);4*5,7-8,13,16H,2-4,6H2,1H3,(H,14,15,17)/t3*9-;4*8-/m1001100/s1. The number of nitrogens with one attached hydrogen (secondary N) is 14. The van der Waals surface area contributed by atoms with E-state index >= 15 is 0 Å². The molecule has 662 valence electrons. The van der Waals surface area contributed by atoms with E-state index in [1.807, 2.05) is 66.7 Å². The highest BCUT2D eigenvalue weighted by Crippen LogP contribution is 2.24. The topological polar surface area (TPSA) is 582 Å². The Labute approximate surface area is 701 Å². The second kappa shape index (κ2) is 48.8. The Balaban J connectivity index is 0.000000177.